The Bertz CT molecular complexity index is 630. The lowest BCUT2D eigenvalue weighted by Crippen LogP contribution is -2.51. The average molecular weight is 370 g/mol. The van der Waals surface area contributed by atoms with Crippen LogP contribution in [0, 0.1) is 11.3 Å². The van der Waals surface area contributed by atoms with Crippen molar-refractivity contribution in [1.82, 2.24) is 14.9 Å². The molecule has 8 heteroatoms. The van der Waals surface area contributed by atoms with Crippen LogP contribution >= 0.6 is 11.6 Å². The summed E-state index contributed by atoms with van der Waals surface area (Å²) in [5, 5.41) is 3.60. The quantitative estimate of drug-likeness (QED) is 0.848. The first kappa shape index (κ1) is 19.6. The van der Waals surface area contributed by atoms with Gasteiger partial charge in [-0.25, -0.2) is 14.8 Å². The first-order chi connectivity index (χ1) is 11.5. The number of nitrogen functional groups attached to an aromatic ring is 1. The summed E-state index contributed by atoms with van der Waals surface area (Å²) in [6, 6.07) is 0. The van der Waals surface area contributed by atoms with Crippen LogP contribution in [0.4, 0.5) is 16.4 Å². The third-order valence-electron chi connectivity index (χ3n) is 4.44. The van der Waals surface area contributed by atoms with Gasteiger partial charge in [-0.05, 0) is 38.5 Å². The second kappa shape index (κ2) is 7.23. The Labute approximate surface area is 154 Å². The fourth-order valence-corrected chi connectivity index (χ4v) is 3.15. The van der Waals surface area contributed by atoms with Gasteiger partial charge in [0.15, 0.2) is 0 Å². The molecule has 0 radical (unpaired) electrons. The number of nitrogens with two attached hydrogens (primary N) is 1. The molecule has 1 unspecified atom stereocenters. The van der Waals surface area contributed by atoms with Gasteiger partial charge in [-0.15, -0.1) is 0 Å². The van der Waals surface area contributed by atoms with E-state index in [1.807, 2.05) is 20.8 Å². The van der Waals surface area contributed by atoms with Crippen molar-refractivity contribution in [3.63, 3.8) is 0 Å². The molecule has 1 aromatic rings. The second-order valence-electron chi connectivity index (χ2n) is 8.18. The molecule has 2 heterocycles. The van der Waals surface area contributed by atoms with Crippen LogP contribution in [0.5, 0.6) is 0 Å². The Hall–Kier alpha value is -1.76. The van der Waals surface area contributed by atoms with Gasteiger partial charge >= 0.3 is 6.09 Å². The normalized spacial score (nSPS) is 20.2. The summed E-state index contributed by atoms with van der Waals surface area (Å²) in [5.74, 6) is 1.16. The summed E-state index contributed by atoms with van der Waals surface area (Å²) in [6.45, 7) is 12.0. The number of hydrogen-bond donors (Lipinski definition) is 2. The predicted octanol–water partition coefficient (Wildman–Crippen LogP) is 3.41. The van der Waals surface area contributed by atoms with E-state index in [1.165, 1.54) is 6.33 Å². The summed E-state index contributed by atoms with van der Waals surface area (Å²) in [4.78, 5) is 22.1. The predicted molar refractivity (Wildman–Crippen MR) is 99.6 cm³/mol. The van der Waals surface area contributed by atoms with Crippen LogP contribution in [0.2, 0.25) is 5.02 Å². The average Bonchev–Trinajstić information content (AvgIpc) is 2.47. The number of hydrogen-bond acceptors (Lipinski definition) is 6. The summed E-state index contributed by atoms with van der Waals surface area (Å²) in [7, 11) is 0. The number of nitrogens with one attached hydrogen (secondary N) is 1. The maximum Gasteiger partial charge on any atom is 0.410 e. The molecule has 0 aromatic carbocycles. The molecule has 1 saturated heterocycles. The molecule has 1 amide bonds. The van der Waals surface area contributed by atoms with Gasteiger partial charge in [0.1, 0.15) is 28.6 Å². The van der Waals surface area contributed by atoms with Crippen LogP contribution in [0.25, 0.3) is 0 Å². The lowest BCUT2D eigenvalue weighted by Gasteiger charge is -2.44. The number of nitrogens with zero attached hydrogens (tertiary/aromatic N) is 3. The van der Waals surface area contributed by atoms with Crippen LogP contribution in [0.15, 0.2) is 6.33 Å². The van der Waals surface area contributed by atoms with Gasteiger partial charge in [-0.1, -0.05) is 25.4 Å². The first-order valence-electron chi connectivity index (χ1n) is 8.47. The minimum atomic E-state index is -0.483. The van der Waals surface area contributed by atoms with E-state index < -0.39 is 5.60 Å². The van der Waals surface area contributed by atoms with Crippen LogP contribution in [-0.2, 0) is 4.74 Å². The Morgan fingerprint density at radius 3 is 2.76 bits per heavy atom. The van der Waals surface area contributed by atoms with Gasteiger partial charge in [-0.3, -0.25) is 0 Å². The zero-order valence-electron chi connectivity index (χ0n) is 15.6. The summed E-state index contributed by atoms with van der Waals surface area (Å²) < 4.78 is 5.49. The fourth-order valence-electron chi connectivity index (χ4n) is 2.99. The SMILES string of the molecule is CC(C)(C)OC(=O)N1CCC(CNc2ncnc(N)c2Cl)C(C)(C)C1. The minimum absolute atomic E-state index is 0.0623. The highest BCUT2D eigenvalue weighted by Crippen LogP contribution is 2.36. The van der Waals surface area contributed by atoms with E-state index in [2.05, 4.69) is 29.1 Å². The lowest BCUT2D eigenvalue weighted by molar-refractivity contribution is -0.00235. The molecule has 0 saturated carbocycles. The van der Waals surface area contributed by atoms with Crippen molar-refractivity contribution in [2.45, 2.75) is 46.6 Å². The van der Waals surface area contributed by atoms with Gasteiger partial charge in [-0.2, -0.15) is 0 Å². The highest BCUT2D eigenvalue weighted by Gasteiger charge is 2.38. The zero-order valence-corrected chi connectivity index (χ0v) is 16.4. The first-order valence-corrected chi connectivity index (χ1v) is 8.85. The van der Waals surface area contributed by atoms with Crippen LogP contribution in [-0.4, -0.2) is 46.2 Å². The van der Waals surface area contributed by atoms with E-state index >= 15 is 0 Å². The molecule has 1 aliphatic rings. The monoisotopic (exact) mass is 369 g/mol. The Kier molecular flexibility index (Phi) is 5.66. The molecule has 0 spiro atoms. The van der Waals surface area contributed by atoms with E-state index in [9.17, 15) is 4.79 Å². The fraction of sp³-hybridized carbons (Fsp3) is 0.706. The Morgan fingerprint density at radius 2 is 2.16 bits per heavy atom. The van der Waals surface area contributed by atoms with E-state index in [0.717, 1.165) is 6.42 Å². The lowest BCUT2D eigenvalue weighted by atomic mass is 9.74. The number of aromatic nitrogens is 2. The molecular formula is C17H28ClN5O2. The smallest absolute Gasteiger partial charge is 0.410 e. The van der Waals surface area contributed by atoms with Crippen molar-refractivity contribution < 1.29 is 9.53 Å². The molecule has 1 aliphatic heterocycles. The molecule has 0 bridgehead atoms. The summed E-state index contributed by atoms with van der Waals surface area (Å²) in [5.41, 5.74) is 5.16. The maximum atomic E-state index is 12.3. The van der Waals surface area contributed by atoms with Crippen molar-refractivity contribution in [3.8, 4) is 0 Å². The third kappa shape index (κ3) is 5.11. The largest absolute Gasteiger partial charge is 0.444 e. The minimum Gasteiger partial charge on any atom is -0.444 e. The van der Waals surface area contributed by atoms with E-state index in [4.69, 9.17) is 22.1 Å². The molecule has 0 aliphatic carbocycles. The number of carbonyl (C=O) groups excluding carboxylic acids is 1. The third-order valence-corrected chi connectivity index (χ3v) is 4.81. The van der Waals surface area contributed by atoms with E-state index in [0.29, 0.717) is 36.4 Å². The van der Waals surface area contributed by atoms with Gasteiger partial charge in [0.2, 0.25) is 0 Å². The standard InChI is InChI=1S/C17H28ClN5O2/c1-16(2,3)25-15(24)23-7-6-11(17(4,5)9-23)8-20-14-12(18)13(19)21-10-22-14/h10-11H,6-9H2,1-5H3,(H3,19,20,21,22). The van der Waals surface area contributed by atoms with E-state index in [1.54, 1.807) is 4.90 Å². The molecule has 1 aromatic heterocycles. The number of carbonyl (C=O) groups is 1. The number of amides is 1. The maximum absolute atomic E-state index is 12.3. The van der Waals surface area contributed by atoms with E-state index in [-0.39, 0.29) is 17.3 Å². The van der Waals surface area contributed by atoms with Crippen LogP contribution in [0.1, 0.15) is 41.0 Å². The van der Waals surface area contributed by atoms with Crippen LogP contribution < -0.4 is 11.1 Å². The van der Waals surface area contributed by atoms with Crippen molar-refractivity contribution in [1.29, 1.82) is 0 Å². The number of halogens is 1. The van der Waals surface area contributed by atoms with Gasteiger partial charge in [0.05, 0.1) is 0 Å². The Balaban J connectivity index is 1.96. The molecule has 7 nitrogen and oxygen atoms in total. The number of likely N-dealkylation sites (tertiary alicyclic amines) is 1. The topological polar surface area (TPSA) is 93.4 Å². The molecule has 25 heavy (non-hydrogen) atoms. The molecular weight excluding hydrogens is 342 g/mol. The summed E-state index contributed by atoms with van der Waals surface area (Å²) >= 11 is 6.13. The van der Waals surface area contributed by atoms with Crippen molar-refractivity contribution in [2.24, 2.45) is 11.3 Å². The second-order valence-corrected chi connectivity index (χ2v) is 8.56. The zero-order chi connectivity index (χ0) is 18.8. The molecule has 2 rings (SSSR count). The van der Waals surface area contributed by atoms with Crippen LogP contribution in [0.3, 0.4) is 0 Å². The van der Waals surface area contributed by atoms with Crippen molar-refractivity contribution in [2.75, 3.05) is 30.7 Å². The van der Waals surface area contributed by atoms with Crippen molar-refractivity contribution >= 4 is 29.3 Å². The molecule has 1 fully saturated rings. The summed E-state index contributed by atoms with van der Waals surface area (Å²) in [6.07, 6.45) is 2.01. The number of anilines is 2. The highest BCUT2D eigenvalue weighted by molar-refractivity contribution is 6.35. The van der Waals surface area contributed by atoms with Gasteiger partial charge in [0, 0.05) is 19.6 Å². The number of ether oxygens (including phenoxy) is 1. The molecule has 3 N–H and O–H groups in total. The molecule has 1 atom stereocenters. The highest BCUT2D eigenvalue weighted by atomic mass is 35.5. The number of rotatable bonds is 3. The van der Waals surface area contributed by atoms with Gasteiger partial charge < -0.3 is 20.7 Å². The number of piperidine rings is 1. The Morgan fingerprint density at radius 1 is 1.48 bits per heavy atom. The molecule has 140 valence electrons. The van der Waals surface area contributed by atoms with Crippen molar-refractivity contribution in [3.05, 3.63) is 11.3 Å². The van der Waals surface area contributed by atoms with Gasteiger partial charge in [0.25, 0.3) is 0 Å².